The zero-order chi connectivity index (χ0) is 80.1. The Labute approximate surface area is 730 Å². The average Bonchev–Trinajstić information content (AvgIpc) is 0.683. The molecule has 0 N–H and O–H groups in total. The van der Waals surface area contributed by atoms with Crippen molar-refractivity contribution >= 4 is 0 Å². The highest BCUT2D eigenvalue weighted by Crippen LogP contribution is 2.72. The van der Waals surface area contributed by atoms with Crippen molar-refractivity contribution in [1.82, 2.24) is 9.80 Å². The van der Waals surface area contributed by atoms with Crippen molar-refractivity contribution in [3.63, 3.8) is 0 Å². The van der Waals surface area contributed by atoms with E-state index in [1.54, 1.807) is 89.9 Å². The highest BCUT2D eigenvalue weighted by Gasteiger charge is 2.69. The van der Waals surface area contributed by atoms with Crippen LogP contribution in [-0.4, -0.2) is 46.1 Å². The van der Waals surface area contributed by atoms with Gasteiger partial charge in [-0.15, -0.1) is 0 Å². The minimum Gasteiger partial charge on any atom is -0.294 e. The summed E-state index contributed by atoms with van der Waals surface area (Å²) in [5.74, 6) is 30.2. The lowest BCUT2D eigenvalue weighted by atomic mass is 9.35. The van der Waals surface area contributed by atoms with E-state index in [9.17, 15) is 0 Å². The van der Waals surface area contributed by atoms with E-state index in [0.717, 1.165) is 226 Å². The van der Waals surface area contributed by atoms with Crippen LogP contribution in [0.3, 0.4) is 0 Å². The second kappa shape index (κ2) is 39.5. The Hall–Kier alpha value is -1.12. The second-order valence-electron chi connectivity index (χ2n) is 50.5. The summed E-state index contributed by atoms with van der Waals surface area (Å²) in [7, 11) is 0. The summed E-state index contributed by atoms with van der Waals surface area (Å²) in [6, 6.07) is 5.06. The predicted octanol–water partition coefficient (Wildman–Crippen LogP) is 32.8. The lowest BCUT2D eigenvalue weighted by Gasteiger charge is -2.72. The van der Waals surface area contributed by atoms with Crippen molar-refractivity contribution in [2.75, 3.05) is 0 Å². The first-order valence-corrected chi connectivity index (χ1v) is 56.2. The fourth-order valence-electron chi connectivity index (χ4n) is 37.0. The van der Waals surface area contributed by atoms with Crippen LogP contribution >= 0.6 is 0 Å². The molecular formula is C116H190N2. The highest BCUT2D eigenvalue weighted by molar-refractivity contribution is 5.24. The molecule has 118 heavy (non-hydrogen) atoms. The maximum absolute atomic E-state index is 3.73. The molecule has 0 aromatic rings. The Morgan fingerprint density at radius 1 is 0.161 bits per heavy atom. The number of hydrogen-bond donors (Lipinski definition) is 0. The molecule has 14 unspecified atom stereocenters. The zero-order valence-corrected chi connectivity index (χ0v) is 79.0. The SMILES string of the molecule is CC1CCC(C(=CC2CCC(N(C3CCC(C=C(C4CCC(C)CC4)C4CCC(C)CC4)CC3)C3C4CCCCC4C4C5CCCC6C5C(C5CCCCC5C6N(C5CCC(C=C(C6CCC(C)CC6)C6CCC(C)CC6)CC5)C5CCC(C=C(C6CCC(C)CC6)C6CCC(C)CC6)CC5)C5CCCC3C54)CC2)C2CCC(C)CC2)CC1. The molecule has 19 aliphatic rings. The van der Waals surface area contributed by atoms with Crippen molar-refractivity contribution in [3.8, 4) is 0 Å². The van der Waals surface area contributed by atoms with Crippen molar-refractivity contribution < 1.29 is 0 Å². The number of rotatable bonds is 18. The molecule has 19 saturated carbocycles. The lowest BCUT2D eigenvalue weighted by Crippen LogP contribution is -2.71. The van der Waals surface area contributed by atoms with E-state index < -0.39 is 0 Å². The normalized spacial score (nSPS) is 48.9. The van der Waals surface area contributed by atoms with Crippen LogP contribution in [0.25, 0.3) is 0 Å². The van der Waals surface area contributed by atoms with Gasteiger partial charge in [0.05, 0.1) is 0 Å². The zero-order valence-electron chi connectivity index (χ0n) is 79.0. The van der Waals surface area contributed by atoms with Crippen LogP contribution in [0.5, 0.6) is 0 Å². The number of nitrogens with zero attached hydrogens (tertiary/aromatic N) is 2. The molecule has 664 valence electrons. The number of allylic oxidation sites excluding steroid dienone is 8. The molecular weight excluding hydrogens is 1420 g/mol. The van der Waals surface area contributed by atoms with Gasteiger partial charge in [0, 0.05) is 36.3 Å². The molecule has 0 spiro atoms. The molecule has 19 fully saturated rings. The summed E-state index contributed by atoms with van der Waals surface area (Å²) in [5.41, 5.74) is 8.15. The highest BCUT2D eigenvalue weighted by atomic mass is 15.2. The van der Waals surface area contributed by atoms with Gasteiger partial charge in [0.2, 0.25) is 0 Å². The molecule has 0 aromatic carbocycles. The fourth-order valence-corrected chi connectivity index (χ4v) is 37.0. The maximum atomic E-state index is 3.73. The van der Waals surface area contributed by atoms with Crippen LogP contribution in [0.4, 0.5) is 0 Å². The van der Waals surface area contributed by atoms with E-state index in [-0.39, 0.29) is 0 Å². The third-order valence-corrected chi connectivity index (χ3v) is 43.4. The van der Waals surface area contributed by atoms with Gasteiger partial charge in [-0.3, -0.25) is 9.80 Å². The third kappa shape index (κ3) is 18.9. The Balaban J connectivity index is 0.640. The van der Waals surface area contributed by atoms with Gasteiger partial charge in [-0.2, -0.15) is 0 Å². The largest absolute Gasteiger partial charge is 0.294 e. The first-order valence-electron chi connectivity index (χ1n) is 56.2. The monoisotopic (exact) mass is 1610 g/mol. The quantitative estimate of drug-likeness (QED) is 0.126. The van der Waals surface area contributed by atoms with Gasteiger partial charge in [-0.05, 0) is 446 Å². The van der Waals surface area contributed by atoms with E-state index in [4.69, 9.17) is 0 Å². The minimum absolute atomic E-state index is 0.828. The van der Waals surface area contributed by atoms with Crippen molar-refractivity contribution in [1.29, 1.82) is 0 Å². The van der Waals surface area contributed by atoms with Crippen LogP contribution in [0.15, 0.2) is 46.6 Å². The minimum atomic E-state index is 0.828. The Morgan fingerprint density at radius 2 is 0.331 bits per heavy atom. The molecule has 14 atom stereocenters. The Morgan fingerprint density at radius 3 is 0.534 bits per heavy atom. The molecule has 0 radical (unpaired) electrons. The molecule has 0 aromatic heterocycles. The average molecular weight is 1610 g/mol. The van der Waals surface area contributed by atoms with Gasteiger partial charge in [0.25, 0.3) is 0 Å². The topological polar surface area (TPSA) is 6.48 Å². The molecule has 0 amide bonds. The van der Waals surface area contributed by atoms with E-state index in [0.29, 0.717) is 0 Å². The molecule has 0 bridgehead atoms. The van der Waals surface area contributed by atoms with Gasteiger partial charge >= 0.3 is 0 Å². The summed E-state index contributed by atoms with van der Waals surface area (Å²) in [4.78, 5) is 7.46. The van der Waals surface area contributed by atoms with Gasteiger partial charge in [0.1, 0.15) is 0 Å². The van der Waals surface area contributed by atoms with Crippen LogP contribution in [0.1, 0.15) is 453 Å². The Kier molecular flexibility index (Phi) is 28.8. The van der Waals surface area contributed by atoms with Gasteiger partial charge in [0.15, 0.2) is 0 Å². The fraction of sp³-hybridized carbons (Fsp3) is 0.931. The van der Waals surface area contributed by atoms with Gasteiger partial charge < -0.3 is 0 Å². The molecule has 2 heteroatoms. The van der Waals surface area contributed by atoms with Crippen LogP contribution < -0.4 is 0 Å². The standard InChI is InChI=1S/C116H190N2/c1-75-23-47-87(48-24-75)107(88-49-25-76(2)26-50-88)71-83-39-63-95(64-40-83)117(96-65-41-84(42-66-96)72-108(89-51-27-77(3)28-52-89)90-53-29-78(4)30-54-90)115-101-17-11-9-15-99(101)111-104-20-14-22-106-114(104)112(103-19-13-21-105(115)113(103)111)100-16-10-12-18-102(100)116(106)118(97-67-43-85(44-68-97)73-109(91-55-31-79(5)32-56-91)92-57-33-80(6)34-58-92)98-69-45-86(46-70-98)74-110(93-59-35-81(7)36-60-93)94-61-37-82(8)38-62-94/h71-106,111-116H,9-70H2,1-8H3. The summed E-state index contributed by atoms with van der Waals surface area (Å²) >= 11 is 0. The molecule has 2 nitrogen and oxygen atoms in total. The molecule has 0 heterocycles. The number of hydrogen-bond acceptors (Lipinski definition) is 2. The molecule has 19 aliphatic carbocycles. The van der Waals surface area contributed by atoms with Gasteiger partial charge in [-0.1, -0.05) is 243 Å². The smallest absolute Gasteiger partial charge is 0.0163 e. The number of fused-ring (bicyclic) bond motifs is 6. The Bertz CT molecular complexity index is 2740. The summed E-state index contributed by atoms with van der Waals surface area (Å²) in [5, 5.41) is 0. The molecule has 0 saturated heterocycles. The van der Waals surface area contributed by atoms with Gasteiger partial charge in [-0.25, -0.2) is 0 Å². The first-order chi connectivity index (χ1) is 57.7. The van der Waals surface area contributed by atoms with E-state index >= 15 is 0 Å². The van der Waals surface area contributed by atoms with Crippen LogP contribution in [-0.2, 0) is 0 Å². The predicted molar refractivity (Wildman–Crippen MR) is 502 cm³/mol. The summed E-state index contributed by atoms with van der Waals surface area (Å²) in [6.07, 6.45) is 107. The second-order valence-corrected chi connectivity index (χ2v) is 50.5. The van der Waals surface area contributed by atoms with E-state index in [1.165, 1.54) is 308 Å². The van der Waals surface area contributed by atoms with E-state index in [1.807, 2.05) is 22.3 Å². The van der Waals surface area contributed by atoms with Crippen LogP contribution in [0.2, 0.25) is 0 Å². The third-order valence-electron chi connectivity index (χ3n) is 43.4. The van der Waals surface area contributed by atoms with E-state index in [2.05, 4.69) is 89.5 Å². The molecule has 19 rings (SSSR count). The first kappa shape index (κ1) is 86.3. The maximum Gasteiger partial charge on any atom is 0.0163 e. The van der Waals surface area contributed by atoms with Crippen molar-refractivity contribution in [3.05, 3.63) is 46.6 Å². The summed E-state index contributed by atoms with van der Waals surface area (Å²) < 4.78 is 0. The van der Waals surface area contributed by atoms with Crippen LogP contribution in [0, 0.1) is 189 Å². The molecule has 0 aliphatic heterocycles. The van der Waals surface area contributed by atoms with Crippen molar-refractivity contribution in [2.45, 2.75) is 490 Å². The lowest BCUT2D eigenvalue weighted by molar-refractivity contribution is -0.240. The van der Waals surface area contributed by atoms with Crippen molar-refractivity contribution in [2.24, 2.45) is 189 Å². The summed E-state index contributed by atoms with van der Waals surface area (Å²) in [6.45, 7) is 20.7.